The second kappa shape index (κ2) is 7.34. The van der Waals surface area contributed by atoms with Crippen LogP contribution in [0.5, 0.6) is 0 Å². The van der Waals surface area contributed by atoms with Crippen LogP contribution in [0.25, 0.3) is 0 Å². The number of piperidine rings is 1. The number of halogens is 1. The van der Waals surface area contributed by atoms with E-state index in [1.54, 1.807) is 18.3 Å². The SMILES string of the molecule is CC(C)(C)N=C1Nc2ncccc2N[C@]12CCCN(C(=O)c1cccc(Cl)c1)C2. The van der Waals surface area contributed by atoms with Crippen LogP contribution in [0, 0.1) is 0 Å². The Labute approximate surface area is 176 Å². The lowest BCUT2D eigenvalue weighted by Crippen LogP contribution is -2.63. The lowest BCUT2D eigenvalue weighted by Gasteiger charge is -2.47. The minimum absolute atomic E-state index is 0.0135. The summed E-state index contributed by atoms with van der Waals surface area (Å²) in [6, 6.07) is 11.0. The van der Waals surface area contributed by atoms with E-state index in [1.807, 2.05) is 29.2 Å². The zero-order valence-electron chi connectivity index (χ0n) is 17.0. The molecular formula is C22H26ClN5O. The van der Waals surface area contributed by atoms with Crippen LogP contribution in [0.3, 0.4) is 0 Å². The van der Waals surface area contributed by atoms with E-state index in [0.717, 1.165) is 30.2 Å². The molecule has 7 heteroatoms. The fourth-order valence-electron chi connectivity index (χ4n) is 3.95. The van der Waals surface area contributed by atoms with Crippen molar-refractivity contribution in [1.82, 2.24) is 9.88 Å². The van der Waals surface area contributed by atoms with E-state index in [1.165, 1.54) is 0 Å². The Kier molecular flexibility index (Phi) is 4.99. The first-order valence-corrected chi connectivity index (χ1v) is 10.3. The molecule has 1 fully saturated rings. The number of carbonyl (C=O) groups excluding carboxylic acids is 1. The number of aromatic nitrogens is 1. The summed E-state index contributed by atoms with van der Waals surface area (Å²) < 4.78 is 0. The predicted molar refractivity (Wildman–Crippen MR) is 118 cm³/mol. The Morgan fingerprint density at radius 3 is 2.86 bits per heavy atom. The van der Waals surface area contributed by atoms with Crippen molar-refractivity contribution in [1.29, 1.82) is 0 Å². The molecule has 4 rings (SSSR count). The third-order valence-corrected chi connectivity index (χ3v) is 5.41. The Hall–Kier alpha value is -2.60. The van der Waals surface area contributed by atoms with Crippen molar-refractivity contribution in [3.8, 4) is 0 Å². The predicted octanol–water partition coefficient (Wildman–Crippen LogP) is 4.44. The Morgan fingerprint density at radius 1 is 1.28 bits per heavy atom. The first kappa shape index (κ1) is 19.7. The Bertz CT molecular complexity index is 968. The van der Waals surface area contributed by atoms with Crippen LogP contribution in [0.15, 0.2) is 47.6 Å². The lowest BCUT2D eigenvalue weighted by atomic mass is 9.85. The number of nitrogens with zero attached hydrogens (tertiary/aromatic N) is 3. The van der Waals surface area contributed by atoms with Crippen LogP contribution >= 0.6 is 11.6 Å². The summed E-state index contributed by atoms with van der Waals surface area (Å²) in [5.74, 6) is 1.58. The van der Waals surface area contributed by atoms with E-state index >= 15 is 0 Å². The van der Waals surface area contributed by atoms with E-state index in [2.05, 4.69) is 36.4 Å². The largest absolute Gasteiger partial charge is 0.368 e. The number of hydrogen-bond acceptors (Lipinski definition) is 4. The highest BCUT2D eigenvalue weighted by molar-refractivity contribution is 6.31. The molecule has 0 radical (unpaired) electrons. The fourth-order valence-corrected chi connectivity index (χ4v) is 4.14. The fraction of sp³-hybridized carbons (Fsp3) is 0.409. The number of hydrogen-bond donors (Lipinski definition) is 2. The smallest absolute Gasteiger partial charge is 0.253 e. The van der Waals surface area contributed by atoms with Gasteiger partial charge in [-0.05, 0) is 63.9 Å². The van der Waals surface area contributed by atoms with E-state index in [-0.39, 0.29) is 11.4 Å². The maximum Gasteiger partial charge on any atom is 0.253 e. The summed E-state index contributed by atoms with van der Waals surface area (Å²) in [6.07, 6.45) is 3.51. The molecule has 3 heterocycles. The third-order valence-electron chi connectivity index (χ3n) is 5.17. The second-order valence-corrected chi connectivity index (χ2v) is 9.14. The average Bonchev–Trinajstić information content (AvgIpc) is 2.67. The number of fused-ring (bicyclic) bond motifs is 1. The summed E-state index contributed by atoms with van der Waals surface area (Å²) in [5.41, 5.74) is 0.797. The first-order valence-electron chi connectivity index (χ1n) is 9.91. The molecule has 0 unspecified atom stereocenters. The second-order valence-electron chi connectivity index (χ2n) is 8.70. The molecule has 6 nitrogen and oxygen atoms in total. The minimum Gasteiger partial charge on any atom is -0.368 e. The molecule has 2 N–H and O–H groups in total. The van der Waals surface area contributed by atoms with Crippen LogP contribution in [-0.4, -0.2) is 45.8 Å². The van der Waals surface area contributed by atoms with E-state index in [4.69, 9.17) is 16.6 Å². The number of aliphatic imine (C=N–C) groups is 1. The number of benzene rings is 1. The van der Waals surface area contributed by atoms with Gasteiger partial charge in [0, 0.05) is 23.3 Å². The minimum atomic E-state index is -0.476. The number of anilines is 2. The molecule has 0 aliphatic carbocycles. The van der Waals surface area contributed by atoms with Gasteiger partial charge in [0.05, 0.1) is 17.8 Å². The van der Waals surface area contributed by atoms with Crippen molar-refractivity contribution >= 4 is 34.8 Å². The molecule has 0 saturated carbocycles. The Balaban J connectivity index is 1.70. The Morgan fingerprint density at radius 2 is 2.10 bits per heavy atom. The van der Waals surface area contributed by atoms with E-state index in [9.17, 15) is 4.79 Å². The zero-order valence-corrected chi connectivity index (χ0v) is 17.8. The summed E-state index contributed by atoms with van der Waals surface area (Å²) in [5, 5.41) is 7.66. The molecule has 2 aliphatic rings. The normalized spacial score (nSPS) is 22.8. The van der Waals surface area contributed by atoms with Crippen LogP contribution in [-0.2, 0) is 0 Å². The number of carbonyl (C=O) groups is 1. The van der Waals surface area contributed by atoms with Crippen molar-refractivity contribution < 1.29 is 4.79 Å². The van der Waals surface area contributed by atoms with Gasteiger partial charge < -0.3 is 15.5 Å². The van der Waals surface area contributed by atoms with Gasteiger partial charge in [0.1, 0.15) is 11.4 Å². The number of amidine groups is 1. The van der Waals surface area contributed by atoms with Gasteiger partial charge in [0.25, 0.3) is 5.91 Å². The first-order chi connectivity index (χ1) is 13.8. The van der Waals surface area contributed by atoms with Gasteiger partial charge in [-0.1, -0.05) is 17.7 Å². The molecule has 1 aromatic heterocycles. The van der Waals surface area contributed by atoms with Gasteiger partial charge in [0.2, 0.25) is 0 Å². The highest BCUT2D eigenvalue weighted by atomic mass is 35.5. The monoisotopic (exact) mass is 411 g/mol. The number of rotatable bonds is 1. The van der Waals surface area contributed by atoms with Gasteiger partial charge in [0.15, 0.2) is 5.82 Å². The highest BCUT2D eigenvalue weighted by Gasteiger charge is 2.45. The summed E-state index contributed by atoms with van der Waals surface area (Å²) in [7, 11) is 0. The topological polar surface area (TPSA) is 69.6 Å². The highest BCUT2D eigenvalue weighted by Crippen LogP contribution is 2.36. The standard InChI is InChI=1S/C22H26ClN5O/c1-21(2,3)27-20-22(26-17-9-5-11-24-18(17)25-20)10-6-12-28(14-22)19(29)15-7-4-8-16(23)13-15/h4-5,7-9,11,13,26H,6,10,12,14H2,1-3H3,(H,24,25,27)/t22-/m0/s1. The zero-order chi connectivity index (χ0) is 20.6. The van der Waals surface area contributed by atoms with Crippen molar-refractivity contribution in [2.24, 2.45) is 4.99 Å². The van der Waals surface area contributed by atoms with Gasteiger partial charge >= 0.3 is 0 Å². The lowest BCUT2D eigenvalue weighted by molar-refractivity contribution is 0.0694. The van der Waals surface area contributed by atoms with Crippen LogP contribution in [0.1, 0.15) is 44.0 Å². The van der Waals surface area contributed by atoms with Gasteiger partial charge in [-0.2, -0.15) is 0 Å². The average molecular weight is 412 g/mol. The quantitative estimate of drug-likeness (QED) is 0.727. The van der Waals surface area contributed by atoms with Crippen LogP contribution < -0.4 is 10.6 Å². The molecule has 1 atom stereocenters. The molecule has 1 amide bonds. The summed E-state index contributed by atoms with van der Waals surface area (Å²) in [4.78, 5) is 24.5. The van der Waals surface area contributed by atoms with Crippen LogP contribution in [0.4, 0.5) is 11.5 Å². The van der Waals surface area contributed by atoms with Gasteiger partial charge in [-0.3, -0.25) is 9.79 Å². The maximum absolute atomic E-state index is 13.2. The summed E-state index contributed by atoms with van der Waals surface area (Å²) in [6.45, 7) is 7.44. The molecule has 152 valence electrons. The van der Waals surface area contributed by atoms with E-state index in [0.29, 0.717) is 23.7 Å². The van der Waals surface area contributed by atoms with Crippen molar-refractivity contribution in [2.75, 3.05) is 23.7 Å². The van der Waals surface area contributed by atoms with E-state index < -0.39 is 5.54 Å². The molecule has 29 heavy (non-hydrogen) atoms. The maximum atomic E-state index is 13.2. The third kappa shape index (κ3) is 4.08. The molecule has 1 spiro atoms. The number of likely N-dealkylation sites (tertiary alicyclic amines) is 1. The molecule has 2 aliphatic heterocycles. The molecule has 2 aromatic rings. The molecule has 0 bridgehead atoms. The number of amides is 1. The number of nitrogens with one attached hydrogen (secondary N) is 2. The molecule has 1 aromatic carbocycles. The van der Waals surface area contributed by atoms with Crippen molar-refractivity contribution in [2.45, 2.75) is 44.7 Å². The van der Waals surface area contributed by atoms with Gasteiger partial charge in [-0.25, -0.2) is 4.98 Å². The van der Waals surface area contributed by atoms with Crippen molar-refractivity contribution in [3.05, 3.63) is 53.2 Å². The molecular weight excluding hydrogens is 386 g/mol. The molecule has 1 saturated heterocycles. The van der Waals surface area contributed by atoms with Crippen LogP contribution in [0.2, 0.25) is 5.02 Å². The summed E-state index contributed by atoms with van der Waals surface area (Å²) >= 11 is 6.10. The van der Waals surface area contributed by atoms with Gasteiger partial charge in [-0.15, -0.1) is 0 Å². The van der Waals surface area contributed by atoms with Crippen molar-refractivity contribution in [3.63, 3.8) is 0 Å². The number of pyridine rings is 1.